The molecule has 3 nitrogen and oxygen atoms in total. The van der Waals surface area contributed by atoms with Crippen LogP contribution in [-0.2, 0) is 0 Å². The first-order chi connectivity index (χ1) is 20.4. The summed E-state index contributed by atoms with van der Waals surface area (Å²) in [6.07, 6.45) is 0. The maximum absolute atomic E-state index is 6.86. The average molecular weight is 540 g/mol. The van der Waals surface area contributed by atoms with Crippen LogP contribution in [0.1, 0.15) is 0 Å². The van der Waals surface area contributed by atoms with Crippen LogP contribution in [0, 0.1) is 0 Å². The number of hydrogen-bond acceptors (Lipinski definition) is 4. The minimum Gasteiger partial charge on any atom is -0.451 e. The molecule has 0 saturated carbocycles. The van der Waals surface area contributed by atoms with Crippen molar-refractivity contribution < 1.29 is 4.74 Å². The molecule has 3 aliphatic heterocycles. The van der Waals surface area contributed by atoms with Crippen LogP contribution in [0.15, 0.2) is 127 Å². The van der Waals surface area contributed by atoms with E-state index in [1.807, 2.05) is 11.3 Å². The van der Waals surface area contributed by atoms with Crippen LogP contribution in [-0.4, -0.2) is 6.71 Å². The first-order valence-corrected chi connectivity index (χ1v) is 14.8. The number of ether oxygens (including phenoxy) is 1. The van der Waals surface area contributed by atoms with Crippen LogP contribution in [0.5, 0.6) is 11.5 Å². The highest BCUT2D eigenvalue weighted by molar-refractivity contribution is 7.26. The Morgan fingerprint density at radius 1 is 0.561 bits per heavy atom. The van der Waals surface area contributed by atoms with E-state index in [0.717, 1.165) is 17.2 Å². The molecule has 4 heterocycles. The van der Waals surface area contributed by atoms with Crippen LogP contribution in [0.2, 0.25) is 0 Å². The molecule has 3 aliphatic rings. The van der Waals surface area contributed by atoms with E-state index in [9.17, 15) is 0 Å². The van der Waals surface area contributed by atoms with Crippen molar-refractivity contribution in [3.05, 3.63) is 127 Å². The Labute approximate surface area is 241 Å². The largest absolute Gasteiger partial charge is 0.451 e. The number of anilines is 6. The van der Waals surface area contributed by atoms with Gasteiger partial charge in [-0.1, -0.05) is 78.9 Å². The number of benzene rings is 6. The van der Waals surface area contributed by atoms with Crippen molar-refractivity contribution in [1.82, 2.24) is 0 Å². The standard InChI is InChI=1S/C36H21BN2OS/c1-2-11-22(12-3-1)38-27-15-6-5-14-25(27)37-26-21-24-23-13-4-9-20-32(23)41-36(24)35-34(26)39(28-16-7-8-19-31(28)40-35)30-18-10-17-29(38)33(30)37/h1-21H. The van der Waals surface area contributed by atoms with Gasteiger partial charge in [0.05, 0.1) is 16.1 Å². The topological polar surface area (TPSA) is 15.7 Å². The zero-order valence-corrected chi connectivity index (χ0v) is 22.7. The number of rotatable bonds is 1. The molecule has 0 bridgehead atoms. The lowest BCUT2D eigenvalue weighted by atomic mass is 9.33. The molecule has 5 heteroatoms. The van der Waals surface area contributed by atoms with Crippen molar-refractivity contribution in [2.45, 2.75) is 0 Å². The molecule has 0 saturated heterocycles. The summed E-state index contributed by atoms with van der Waals surface area (Å²) in [6.45, 7) is 0.0827. The van der Waals surface area contributed by atoms with Crippen LogP contribution < -0.4 is 30.9 Å². The quantitative estimate of drug-likeness (QED) is 0.195. The lowest BCUT2D eigenvalue weighted by Gasteiger charge is -2.45. The maximum atomic E-state index is 6.86. The summed E-state index contributed by atoms with van der Waals surface area (Å²) in [5.74, 6) is 1.86. The van der Waals surface area contributed by atoms with Crippen molar-refractivity contribution in [3.8, 4) is 11.5 Å². The van der Waals surface area contributed by atoms with E-state index in [2.05, 4.69) is 137 Å². The van der Waals surface area contributed by atoms with Crippen LogP contribution in [0.4, 0.5) is 34.1 Å². The van der Waals surface area contributed by atoms with Gasteiger partial charge >= 0.3 is 0 Å². The fourth-order valence-electron chi connectivity index (χ4n) is 7.22. The molecule has 0 N–H and O–H groups in total. The van der Waals surface area contributed by atoms with Gasteiger partial charge < -0.3 is 14.5 Å². The summed E-state index contributed by atoms with van der Waals surface area (Å²) in [7, 11) is 0. The van der Waals surface area contributed by atoms with Crippen molar-refractivity contribution in [2.75, 3.05) is 9.80 Å². The van der Waals surface area contributed by atoms with Gasteiger partial charge in [-0.15, -0.1) is 11.3 Å². The molecule has 0 amide bonds. The maximum Gasteiger partial charge on any atom is 0.252 e. The van der Waals surface area contributed by atoms with Gasteiger partial charge in [-0.25, -0.2) is 0 Å². The van der Waals surface area contributed by atoms with E-state index in [1.54, 1.807) is 0 Å². The Balaban J connectivity index is 1.38. The molecule has 7 aromatic rings. The fraction of sp³-hybridized carbons (Fsp3) is 0. The van der Waals surface area contributed by atoms with Crippen molar-refractivity contribution in [3.63, 3.8) is 0 Å². The summed E-state index contributed by atoms with van der Waals surface area (Å²) in [6, 6.07) is 46.1. The highest BCUT2D eigenvalue weighted by atomic mass is 32.1. The molecule has 41 heavy (non-hydrogen) atoms. The molecule has 0 atom stereocenters. The molecular formula is C36H21BN2OS. The highest BCUT2D eigenvalue weighted by Gasteiger charge is 2.46. The Morgan fingerprint density at radius 3 is 2.17 bits per heavy atom. The Bertz CT molecular complexity index is 2220. The van der Waals surface area contributed by atoms with Crippen molar-refractivity contribution >= 4 is 88.7 Å². The van der Waals surface area contributed by atoms with Gasteiger partial charge in [0.2, 0.25) is 0 Å². The van der Waals surface area contributed by atoms with Gasteiger partial charge in [0.15, 0.2) is 11.5 Å². The molecule has 0 radical (unpaired) electrons. The Kier molecular flexibility index (Phi) is 4.15. The monoisotopic (exact) mass is 540 g/mol. The third-order valence-electron chi connectivity index (χ3n) is 8.81. The van der Waals surface area contributed by atoms with Gasteiger partial charge in [-0.3, -0.25) is 0 Å². The number of thiophene rings is 1. The lowest BCUT2D eigenvalue weighted by molar-refractivity contribution is 0.484. The lowest BCUT2D eigenvalue weighted by Crippen LogP contribution is -2.61. The summed E-state index contributed by atoms with van der Waals surface area (Å²) < 4.78 is 9.35. The molecule has 0 aliphatic carbocycles. The average Bonchev–Trinajstić information content (AvgIpc) is 3.41. The molecule has 0 unspecified atom stereocenters. The third kappa shape index (κ3) is 2.74. The highest BCUT2D eigenvalue weighted by Crippen LogP contribution is 2.56. The van der Waals surface area contributed by atoms with Crippen LogP contribution in [0.3, 0.4) is 0 Å². The summed E-state index contributed by atoms with van der Waals surface area (Å²) in [4.78, 5) is 4.89. The molecule has 190 valence electrons. The fourth-order valence-corrected chi connectivity index (χ4v) is 8.38. The smallest absolute Gasteiger partial charge is 0.252 e. The molecule has 6 aromatic carbocycles. The first kappa shape index (κ1) is 21.8. The zero-order chi connectivity index (χ0) is 26.7. The molecule has 10 rings (SSSR count). The predicted molar refractivity (Wildman–Crippen MR) is 173 cm³/mol. The minimum atomic E-state index is 0.0827. The Hall–Kier alpha value is -5.00. The zero-order valence-electron chi connectivity index (χ0n) is 21.9. The van der Waals surface area contributed by atoms with Gasteiger partial charge in [-0.05, 0) is 64.9 Å². The summed E-state index contributed by atoms with van der Waals surface area (Å²) in [5, 5.41) is 2.55. The normalized spacial score (nSPS) is 13.9. The van der Waals surface area contributed by atoms with E-state index >= 15 is 0 Å². The number of fused-ring (bicyclic) bond motifs is 10. The van der Waals surface area contributed by atoms with Crippen LogP contribution in [0.25, 0.3) is 20.2 Å². The molecular weight excluding hydrogens is 519 g/mol. The Morgan fingerprint density at radius 2 is 1.27 bits per heavy atom. The second-order valence-corrected chi connectivity index (χ2v) is 11.9. The van der Waals surface area contributed by atoms with Crippen LogP contribution >= 0.6 is 11.3 Å². The summed E-state index contributed by atoms with van der Waals surface area (Å²) >= 11 is 1.83. The van der Waals surface area contributed by atoms with E-state index in [0.29, 0.717) is 0 Å². The molecule has 1 aromatic heterocycles. The number of hydrogen-bond donors (Lipinski definition) is 0. The number of nitrogens with zero attached hydrogens (tertiary/aromatic N) is 2. The van der Waals surface area contributed by atoms with E-state index in [4.69, 9.17) is 4.74 Å². The van der Waals surface area contributed by atoms with Gasteiger partial charge in [0, 0.05) is 38.2 Å². The van der Waals surface area contributed by atoms with Crippen molar-refractivity contribution in [2.24, 2.45) is 0 Å². The van der Waals surface area contributed by atoms with E-state index in [1.165, 1.54) is 65.0 Å². The van der Waals surface area contributed by atoms with Crippen molar-refractivity contribution in [1.29, 1.82) is 0 Å². The predicted octanol–water partition coefficient (Wildman–Crippen LogP) is 8.24. The summed E-state index contributed by atoms with van der Waals surface area (Å²) in [5.41, 5.74) is 11.0. The first-order valence-electron chi connectivity index (χ1n) is 14.0. The second-order valence-electron chi connectivity index (χ2n) is 10.9. The van der Waals surface area contributed by atoms with Gasteiger partial charge in [0.25, 0.3) is 6.71 Å². The minimum absolute atomic E-state index is 0.0827. The SMILES string of the molecule is c1ccc(N2c3ccccc3B3c4cc5c(sc6ccccc65)c5c4N(c4ccccc4O5)c4cccc2c43)cc1. The molecule has 0 fully saturated rings. The van der Waals surface area contributed by atoms with Gasteiger partial charge in [-0.2, -0.15) is 0 Å². The van der Waals surface area contributed by atoms with Gasteiger partial charge in [0.1, 0.15) is 0 Å². The molecule has 0 spiro atoms. The second kappa shape index (κ2) is 7.81. The van der Waals surface area contributed by atoms with E-state index < -0.39 is 0 Å². The third-order valence-corrected chi connectivity index (χ3v) is 10.0. The number of para-hydroxylation sites is 4. The van der Waals surface area contributed by atoms with E-state index in [-0.39, 0.29) is 6.71 Å².